The molecule has 0 spiro atoms. The van der Waals surface area contributed by atoms with Gasteiger partial charge >= 0.3 is 21.7 Å². The van der Waals surface area contributed by atoms with Crippen LogP contribution < -0.4 is 5.32 Å². The van der Waals surface area contributed by atoms with Crippen LogP contribution in [0.2, 0.25) is 55.9 Å². The van der Waals surface area contributed by atoms with Gasteiger partial charge in [0.25, 0.3) is 0 Å². The number of hydrogen-bond donors (Lipinski definition) is 3. The third-order valence-corrected chi connectivity index (χ3v) is 21.0. The van der Waals surface area contributed by atoms with E-state index < -0.39 is 46.2 Å². The molecule has 0 rings (SSSR count). The van der Waals surface area contributed by atoms with Crippen molar-refractivity contribution in [2.75, 3.05) is 40.5 Å². The number of carbonyl (C=O) groups excluding carboxylic acids is 1. The van der Waals surface area contributed by atoms with Gasteiger partial charge in [0.15, 0.2) is 16.6 Å². The van der Waals surface area contributed by atoms with Crippen LogP contribution in [0.5, 0.6) is 0 Å². The summed E-state index contributed by atoms with van der Waals surface area (Å²) in [6.07, 6.45) is 2.80. The molecule has 0 aromatic heterocycles. The summed E-state index contributed by atoms with van der Waals surface area (Å²) in [6.45, 7) is 33.5. The van der Waals surface area contributed by atoms with E-state index in [1.54, 1.807) is 11.9 Å². The largest absolute Gasteiger partial charge is 0.522 e. The van der Waals surface area contributed by atoms with E-state index >= 15 is 0 Å². The topological polar surface area (TPSA) is 144 Å². The molecule has 0 aromatic rings. The van der Waals surface area contributed by atoms with Crippen molar-refractivity contribution in [2.24, 2.45) is 0 Å². The molecule has 1 amide bonds. The molecule has 0 saturated carbocycles. The number of likely N-dealkylation sites (N-methyl/N-ethyl adjacent to an activating group) is 2. The predicted octanol–water partition coefficient (Wildman–Crippen LogP) is 8.30. The van der Waals surface area contributed by atoms with E-state index in [9.17, 15) is 26.4 Å². The minimum absolute atomic E-state index is 0. The fraction of sp³-hybridized carbons (Fsp3) is 0.970. The molecule has 11 nitrogen and oxygen atoms in total. The van der Waals surface area contributed by atoms with Gasteiger partial charge in [0.1, 0.15) is 5.60 Å². The molecular weight excluding hydrogens is 806 g/mol. The Morgan fingerprint density at radius 1 is 0.755 bits per heavy atom. The summed E-state index contributed by atoms with van der Waals surface area (Å²) in [5.74, 6) is 0. The van der Waals surface area contributed by atoms with Crippen molar-refractivity contribution in [1.82, 2.24) is 10.2 Å². The molecule has 0 aliphatic rings. The SMILES string of the molecule is CN(C(=O)OC(C)(C)C)[C@@H](CCCO)CO[Si](C)(C)C(C)(C)C.CN[C@@H](CCCO)CO[Si](C)(C)C(C)(C)C.C[Si](C)(C)OS(=O)(=O)C(F)(F)F.S.S. The fourth-order valence-corrected chi connectivity index (χ4v) is 8.37. The van der Waals surface area contributed by atoms with Gasteiger partial charge in [-0.15, -0.1) is 0 Å². The first-order valence-corrected chi connectivity index (χ1v) is 28.2. The van der Waals surface area contributed by atoms with Crippen LogP contribution in [0.15, 0.2) is 0 Å². The smallest absolute Gasteiger partial charge is 0.444 e. The number of hydrogen-bond acceptors (Lipinski definition) is 10. The Kier molecular flexibility index (Phi) is 30.0. The van der Waals surface area contributed by atoms with E-state index in [4.69, 9.17) is 23.8 Å². The predicted molar refractivity (Wildman–Crippen MR) is 230 cm³/mol. The van der Waals surface area contributed by atoms with Gasteiger partial charge in [0.05, 0.1) is 12.6 Å². The van der Waals surface area contributed by atoms with E-state index in [-0.39, 0.29) is 62.4 Å². The van der Waals surface area contributed by atoms with Crippen LogP contribution >= 0.6 is 27.0 Å². The van der Waals surface area contributed by atoms with Gasteiger partial charge in [0, 0.05) is 32.9 Å². The number of halogens is 3. The van der Waals surface area contributed by atoms with Crippen molar-refractivity contribution in [1.29, 1.82) is 0 Å². The molecule has 0 bridgehead atoms. The van der Waals surface area contributed by atoms with Crippen molar-refractivity contribution in [2.45, 2.75) is 167 Å². The summed E-state index contributed by atoms with van der Waals surface area (Å²) in [7, 11) is -7.91. The minimum atomic E-state index is -5.39. The molecule has 0 aliphatic heterocycles. The number of ether oxygens (including phenoxy) is 1. The molecule has 0 aliphatic carbocycles. The van der Waals surface area contributed by atoms with Crippen molar-refractivity contribution in [3.05, 3.63) is 0 Å². The Morgan fingerprint density at radius 2 is 1.13 bits per heavy atom. The van der Waals surface area contributed by atoms with E-state index in [0.29, 0.717) is 25.5 Å². The Morgan fingerprint density at radius 3 is 1.42 bits per heavy atom. The highest BCUT2D eigenvalue weighted by molar-refractivity contribution is 7.88. The number of aliphatic hydroxyl groups is 2. The molecule has 0 fully saturated rings. The van der Waals surface area contributed by atoms with Crippen molar-refractivity contribution < 1.29 is 54.1 Å². The van der Waals surface area contributed by atoms with E-state index in [2.05, 4.69) is 76.9 Å². The first-order valence-electron chi connectivity index (χ1n) is 17.6. The Labute approximate surface area is 338 Å². The number of nitrogens with one attached hydrogen (secondary N) is 1. The molecule has 0 saturated heterocycles. The number of rotatable bonds is 16. The lowest BCUT2D eigenvalue weighted by Crippen LogP contribution is -2.47. The average molecular weight is 885 g/mol. The minimum Gasteiger partial charge on any atom is -0.444 e. The second-order valence-corrected chi connectivity index (χ2v) is 33.6. The normalized spacial score (nSPS) is 14.2. The maximum absolute atomic E-state index is 12.3. The van der Waals surface area contributed by atoms with Gasteiger partial charge < -0.3 is 37.9 Å². The number of aliphatic hydroxyl groups excluding tert-OH is 2. The molecule has 0 aromatic carbocycles. The highest BCUT2D eigenvalue weighted by atomic mass is 32.2. The summed E-state index contributed by atoms with van der Waals surface area (Å²) in [4.78, 5) is 13.9. The zero-order valence-electron chi connectivity index (χ0n) is 36.1. The number of carbonyl (C=O) groups is 1. The standard InChI is InChI=1S/C17H37NO4Si.C12H29NO2Si.C4H9F3O3SSi.2H2S/c1-16(2,3)22-15(20)18(7)14(11-10-12-19)13-21-23(8,9)17(4,5)6;1-12(2,3)16(5,6)15-10-11(13-4)8-7-9-14;1-12(2,3)10-11(8,9)4(5,6)7;;/h14,19H,10-13H2,1-9H3;11,13-14H,7-10H2,1-6H3;1-3H3;2*1H2/t14-;11-;;;/m00.../s1. The molecule has 2 atom stereocenters. The number of alkyl halides is 3. The number of nitrogens with zero attached hydrogens (tertiary/aromatic N) is 1. The Balaban J connectivity index is -0.000000225. The fourth-order valence-electron chi connectivity index (χ4n) is 3.27. The highest BCUT2D eigenvalue weighted by Gasteiger charge is 2.49. The van der Waals surface area contributed by atoms with Crippen LogP contribution in [-0.2, 0) is 27.6 Å². The van der Waals surface area contributed by atoms with E-state index in [1.165, 1.54) is 19.6 Å². The third kappa shape index (κ3) is 28.2. The zero-order valence-corrected chi connectivity index (χ0v) is 41.9. The van der Waals surface area contributed by atoms with Crippen LogP contribution in [0, 0.1) is 0 Å². The van der Waals surface area contributed by atoms with Gasteiger partial charge in [-0.25, -0.2) is 4.79 Å². The summed E-state index contributed by atoms with van der Waals surface area (Å²) in [5, 5.41) is 21.6. The van der Waals surface area contributed by atoms with Gasteiger partial charge in [-0.3, -0.25) is 0 Å². The van der Waals surface area contributed by atoms with E-state index in [0.717, 1.165) is 19.4 Å². The monoisotopic (exact) mass is 884 g/mol. The first kappa shape index (κ1) is 62.3. The van der Waals surface area contributed by atoms with Crippen LogP contribution in [0.4, 0.5) is 18.0 Å². The lowest BCUT2D eigenvalue weighted by molar-refractivity contribution is -0.0503. The molecule has 53 heavy (non-hydrogen) atoms. The Bertz CT molecular complexity index is 1100. The molecular formula is C33H79F3N2O9S3Si3. The van der Waals surface area contributed by atoms with Gasteiger partial charge in [-0.05, 0) is 109 Å². The average Bonchev–Trinajstić information content (AvgIpc) is 2.89. The molecule has 3 N–H and O–H groups in total. The van der Waals surface area contributed by atoms with Crippen molar-refractivity contribution >= 4 is 68.2 Å². The van der Waals surface area contributed by atoms with Gasteiger partial charge in [-0.1, -0.05) is 41.5 Å². The molecule has 0 heterocycles. The summed E-state index contributed by atoms with van der Waals surface area (Å²) in [6, 6.07) is 0.271. The van der Waals surface area contributed by atoms with Crippen molar-refractivity contribution in [3.63, 3.8) is 0 Å². The quantitative estimate of drug-likeness (QED) is 0.102. The molecule has 0 unspecified atom stereocenters. The lowest BCUT2D eigenvalue weighted by Gasteiger charge is -2.39. The lowest BCUT2D eigenvalue weighted by atomic mass is 10.1. The second kappa shape index (κ2) is 25.5. The maximum Gasteiger partial charge on any atom is 0.522 e. The third-order valence-electron chi connectivity index (χ3n) is 8.58. The van der Waals surface area contributed by atoms with Crippen LogP contribution in [0.25, 0.3) is 0 Å². The first-order chi connectivity index (χ1) is 22.4. The summed E-state index contributed by atoms with van der Waals surface area (Å²) >= 11 is 0. The summed E-state index contributed by atoms with van der Waals surface area (Å²) < 4.78 is 77.5. The Hall–Kier alpha value is 0.121. The second-order valence-electron chi connectivity index (χ2n) is 17.7. The zero-order chi connectivity index (χ0) is 41.5. The number of amides is 1. The van der Waals surface area contributed by atoms with Crippen LogP contribution in [-0.4, -0.2) is 118 Å². The maximum atomic E-state index is 12.3. The van der Waals surface area contributed by atoms with Crippen LogP contribution in [0.1, 0.15) is 88.0 Å². The molecule has 0 radical (unpaired) electrons. The molecule has 326 valence electrons. The van der Waals surface area contributed by atoms with Gasteiger partial charge in [-0.2, -0.15) is 48.6 Å². The van der Waals surface area contributed by atoms with Gasteiger partial charge in [0.2, 0.25) is 8.32 Å². The molecule has 20 heteroatoms. The van der Waals surface area contributed by atoms with Crippen LogP contribution in [0.3, 0.4) is 0 Å². The van der Waals surface area contributed by atoms with E-state index in [1.807, 2.05) is 27.8 Å². The summed E-state index contributed by atoms with van der Waals surface area (Å²) in [5.41, 5.74) is -5.83. The van der Waals surface area contributed by atoms with Crippen molar-refractivity contribution in [3.8, 4) is 0 Å². The highest BCUT2D eigenvalue weighted by Crippen LogP contribution is 2.37.